The largest absolute Gasteiger partial charge is 0.496 e. The Hall–Kier alpha value is -1.66. The Morgan fingerprint density at radius 2 is 2.19 bits per heavy atom. The Morgan fingerprint density at radius 3 is 2.76 bits per heavy atom. The summed E-state index contributed by atoms with van der Waals surface area (Å²) < 4.78 is 5.11. The number of methoxy groups -OCH3 is 1. The van der Waals surface area contributed by atoms with Crippen LogP contribution in [0.4, 0.5) is 5.69 Å². The van der Waals surface area contributed by atoms with Crippen LogP contribution in [-0.2, 0) is 6.54 Å². The molecule has 0 aliphatic heterocycles. The van der Waals surface area contributed by atoms with Gasteiger partial charge in [-0.05, 0) is 31.0 Å². The fourth-order valence-corrected chi connectivity index (χ4v) is 2.46. The van der Waals surface area contributed by atoms with E-state index in [1.807, 2.05) is 6.07 Å². The summed E-state index contributed by atoms with van der Waals surface area (Å²) in [5.41, 5.74) is 0.940. The maximum absolute atomic E-state index is 10.9. The summed E-state index contributed by atoms with van der Waals surface area (Å²) >= 11 is 0. The van der Waals surface area contributed by atoms with Crippen molar-refractivity contribution in [3.8, 4) is 5.75 Å². The highest BCUT2D eigenvalue weighted by atomic mass is 16.6. The highest BCUT2D eigenvalue weighted by molar-refractivity contribution is 5.42. The standard InChI is InChI=1S/C15H23N3O3/c1-3-17(13-4-5-13)7-6-16-11-12-8-14(18(19)20)10-15(9-12)21-2/h8-10,13,16H,3-7,11H2,1-2H3. The molecule has 0 radical (unpaired) electrons. The van der Waals surface area contributed by atoms with Crippen LogP contribution < -0.4 is 10.1 Å². The lowest BCUT2D eigenvalue weighted by molar-refractivity contribution is -0.385. The van der Waals surface area contributed by atoms with Crippen molar-refractivity contribution in [2.45, 2.75) is 32.4 Å². The smallest absolute Gasteiger partial charge is 0.273 e. The average Bonchev–Trinajstić information content (AvgIpc) is 3.31. The monoisotopic (exact) mass is 293 g/mol. The van der Waals surface area contributed by atoms with Gasteiger partial charge in [-0.2, -0.15) is 0 Å². The molecule has 0 atom stereocenters. The van der Waals surface area contributed by atoms with Crippen LogP contribution in [0.3, 0.4) is 0 Å². The molecule has 1 N–H and O–H groups in total. The van der Waals surface area contributed by atoms with Gasteiger partial charge in [0.25, 0.3) is 5.69 Å². The van der Waals surface area contributed by atoms with Gasteiger partial charge in [0.1, 0.15) is 5.75 Å². The number of hydrogen-bond donors (Lipinski definition) is 1. The first-order chi connectivity index (χ1) is 10.1. The Kier molecular flexibility index (Phi) is 5.52. The molecule has 1 aliphatic carbocycles. The zero-order valence-electron chi connectivity index (χ0n) is 12.7. The summed E-state index contributed by atoms with van der Waals surface area (Å²) in [5.74, 6) is 0.522. The lowest BCUT2D eigenvalue weighted by Gasteiger charge is -2.19. The number of nitrogens with zero attached hydrogens (tertiary/aromatic N) is 2. The number of non-ortho nitro benzene ring substituents is 1. The summed E-state index contributed by atoms with van der Waals surface area (Å²) in [6.45, 7) is 5.78. The van der Waals surface area contributed by atoms with E-state index < -0.39 is 4.92 Å². The van der Waals surface area contributed by atoms with Gasteiger partial charge >= 0.3 is 0 Å². The predicted octanol–water partition coefficient (Wildman–Crippen LogP) is 2.18. The van der Waals surface area contributed by atoms with Crippen LogP contribution in [0.2, 0.25) is 0 Å². The number of benzene rings is 1. The number of ether oxygens (including phenoxy) is 1. The second kappa shape index (κ2) is 7.38. The maximum atomic E-state index is 10.9. The van der Waals surface area contributed by atoms with E-state index in [1.165, 1.54) is 26.0 Å². The molecule has 1 saturated carbocycles. The van der Waals surface area contributed by atoms with Gasteiger partial charge in [-0.1, -0.05) is 6.92 Å². The maximum Gasteiger partial charge on any atom is 0.273 e. The summed E-state index contributed by atoms with van der Waals surface area (Å²) in [5, 5.41) is 14.2. The number of likely N-dealkylation sites (N-methyl/N-ethyl adjacent to an activating group) is 1. The van der Waals surface area contributed by atoms with Crippen molar-refractivity contribution >= 4 is 5.69 Å². The number of rotatable bonds is 9. The lowest BCUT2D eigenvalue weighted by atomic mass is 10.2. The minimum absolute atomic E-state index is 0.0688. The van der Waals surface area contributed by atoms with Crippen LogP contribution in [0.1, 0.15) is 25.3 Å². The molecule has 1 fully saturated rings. The van der Waals surface area contributed by atoms with Gasteiger partial charge in [-0.15, -0.1) is 0 Å². The van der Waals surface area contributed by atoms with Gasteiger partial charge in [0.05, 0.1) is 18.1 Å². The van der Waals surface area contributed by atoms with E-state index in [9.17, 15) is 10.1 Å². The number of nitrogens with one attached hydrogen (secondary N) is 1. The first-order valence-corrected chi connectivity index (χ1v) is 7.41. The van der Waals surface area contributed by atoms with Gasteiger partial charge in [-0.25, -0.2) is 0 Å². The molecule has 6 heteroatoms. The molecule has 0 saturated heterocycles. The zero-order chi connectivity index (χ0) is 15.2. The number of nitro groups is 1. The summed E-state index contributed by atoms with van der Waals surface area (Å²) in [6.07, 6.45) is 2.63. The summed E-state index contributed by atoms with van der Waals surface area (Å²) in [4.78, 5) is 13.0. The third-order valence-electron chi connectivity index (χ3n) is 3.77. The minimum atomic E-state index is -0.391. The molecule has 6 nitrogen and oxygen atoms in total. The molecule has 116 valence electrons. The van der Waals surface area contributed by atoms with Crippen LogP contribution in [0, 0.1) is 10.1 Å². The molecular weight excluding hydrogens is 270 g/mol. The van der Waals surface area contributed by atoms with Gasteiger partial charge in [-0.3, -0.25) is 15.0 Å². The van der Waals surface area contributed by atoms with Crippen molar-refractivity contribution in [3.63, 3.8) is 0 Å². The van der Waals surface area contributed by atoms with E-state index in [2.05, 4.69) is 17.1 Å². The minimum Gasteiger partial charge on any atom is -0.496 e. The van der Waals surface area contributed by atoms with Gasteiger partial charge in [0.2, 0.25) is 0 Å². The predicted molar refractivity (Wildman–Crippen MR) is 81.6 cm³/mol. The summed E-state index contributed by atoms with van der Waals surface area (Å²) in [6, 6.07) is 5.64. The molecular formula is C15H23N3O3. The molecule has 0 heterocycles. The van der Waals surface area contributed by atoms with E-state index in [4.69, 9.17) is 4.74 Å². The van der Waals surface area contributed by atoms with E-state index >= 15 is 0 Å². The van der Waals surface area contributed by atoms with Gasteiger partial charge in [0, 0.05) is 31.7 Å². The normalized spacial score (nSPS) is 14.4. The van der Waals surface area contributed by atoms with Crippen molar-refractivity contribution in [1.29, 1.82) is 0 Å². The first-order valence-electron chi connectivity index (χ1n) is 7.41. The van der Waals surface area contributed by atoms with Gasteiger partial charge in [0.15, 0.2) is 0 Å². The molecule has 0 unspecified atom stereocenters. The second-order valence-electron chi connectivity index (χ2n) is 5.33. The van der Waals surface area contributed by atoms with E-state index in [-0.39, 0.29) is 5.69 Å². The number of nitro benzene ring substituents is 1. The third-order valence-corrected chi connectivity index (χ3v) is 3.77. The van der Waals surface area contributed by atoms with Gasteiger partial charge < -0.3 is 10.1 Å². The van der Waals surface area contributed by atoms with Crippen molar-refractivity contribution in [1.82, 2.24) is 10.2 Å². The summed E-state index contributed by atoms with van der Waals surface area (Å²) in [7, 11) is 1.52. The SMILES string of the molecule is CCN(CCNCc1cc(OC)cc([N+](=O)[O-])c1)C1CC1. The molecule has 1 aromatic rings. The molecule has 0 aromatic heterocycles. The fraction of sp³-hybridized carbons (Fsp3) is 0.600. The van der Waals surface area contributed by atoms with Crippen molar-refractivity contribution in [3.05, 3.63) is 33.9 Å². The fourth-order valence-electron chi connectivity index (χ4n) is 2.46. The van der Waals surface area contributed by atoms with Crippen molar-refractivity contribution in [2.75, 3.05) is 26.7 Å². The Labute approximate surface area is 125 Å². The van der Waals surface area contributed by atoms with E-state index in [0.717, 1.165) is 31.2 Å². The van der Waals surface area contributed by atoms with Crippen LogP contribution in [-0.4, -0.2) is 42.6 Å². The molecule has 1 aromatic carbocycles. The molecule has 0 amide bonds. The Morgan fingerprint density at radius 1 is 1.43 bits per heavy atom. The van der Waals surface area contributed by atoms with Crippen molar-refractivity contribution in [2.24, 2.45) is 0 Å². The van der Waals surface area contributed by atoms with E-state index in [0.29, 0.717) is 12.3 Å². The lowest BCUT2D eigenvalue weighted by Crippen LogP contribution is -2.33. The van der Waals surface area contributed by atoms with Crippen LogP contribution >= 0.6 is 0 Å². The zero-order valence-corrected chi connectivity index (χ0v) is 12.7. The Balaban J connectivity index is 1.84. The molecule has 0 bridgehead atoms. The molecule has 0 spiro atoms. The highest BCUT2D eigenvalue weighted by Gasteiger charge is 2.26. The first kappa shape index (κ1) is 15.7. The number of hydrogen-bond acceptors (Lipinski definition) is 5. The quantitative estimate of drug-likeness (QED) is 0.429. The molecule has 2 rings (SSSR count). The van der Waals surface area contributed by atoms with Crippen molar-refractivity contribution < 1.29 is 9.66 Å². The average molecular weight is 293 g/mol. The highest BCUT2D eigenvalue weighted by Crippen LogP contribution is 2.26. The third kappa shape index (κ3) is 4.68. The molecule has 1 aliphatic rings. The van der Waals surface area contributed by atoms with E-state index in [1.54, 1.807) is 6.07 Å². The topological polar surface area (TPSA) is 67.6 Å². The second-order valence-corrected chi connectivity index (χ2v) is 5.33. The van der Waals surface area contributed by atoms with Crippen LogP contribution in [0.25, 0.3) is 0 Å². The van der Waals surface area contributed by atoms with Crippen LogP contribution in [0.5, 0.6) is 5.75 Å². The molecule has 21 heavy (non-hydrogen) atoms. The van der Waals surface area contributed by atoms with Crippen LogP contribution in [0.15, 0.2) is 18.2 Å². The Bertz CT molecular complexity index is 489.